The Labute approximate surface area is 206 Å². The van der Waals surface area contributed by atoms with Gasteiger partial charge in [0.05, 0.1) is 23.2 Å². The van der Waals surface area contributed by atoms with Crippen molar-refractivity contribution in [1.29, 1.82) is 0 Å². The van der Waals surface area contributed by atoms with Gasteiger partial charge in [-0.15, -0.1) is 0 Å². The van der Waals surface area contributed by atoms with Crippen molar-refractivity contribution >= 4 is 33.8 Å². The minimum atomic E-state index is -4.27. The molecule has 5 aliphatic rings. The van der Waals surface area contributed by atoms with Crippen molar-refractivity contribution in [3.63, 3.8) is 0 Å². The third kappa shape index (κ3) is 2.45. The molecule has 0 aliphatic heterocycles. The number of ketones is 2. The molecule has 1 aromatic rings. The Bertz CT molecular complexity index is 1370. The van der Waals surface area contributed by atoms with E-state index in [0.29, 0.717) is 12.0 Å². The molecule has 7 unspecified atom stereocenters. The topological polar surface area (TPSA) is 109 Å². The monoisotopic (exact) mass is 496 g/mol. The second kappa shape index (κ2) is 6.42. The molecule has 186 valence electrons. The highest BCUT2D eigenvalue weighted by atomic mass is 32.2. The van der Waals surface area contributed by atoms with Crippen LogP contribution in [-0.2, 0) is 19.7 Å². The van der Waals surface area contributed by atoms with Crippen LogP contribution in [0.15, 0.2) is 35.4 Å². The molecule has 0 radical (unpaired) electrons. The van der Waals surface area contributed by atoms with Gasteiger partial charge in [0.25, 0.3) is 10.1 Å². The van der Waals surface area contributed by atoms with Crippen molar-refractivity contribution < 1.29 is 27.7 Å². The standard InChI is InChI=1S/C28H32O6S/c1-24-10-9-20(24)18(22(30)26(24,3)14-29)11-16-5-7-17(8-6-16)12-19-21-25(2)13-28(23(19)31,27(21,25)4)15-35(32,33)34/h5-8,11-12,20-21,29H,9-10,13-15H2,1-4H3,(H,32,33,34)/b18-11+,19-12+. The molecule has 2 N–H and O–H groups in total. The first-order valence-electron chi connectivity index (χ1n) is 12.4. The van der Waals surface area contributed by atoms with Crippen molar-refractivity contribution in [3.8, 4) is 0 Å². The number of benzene rings is 1. The molecule has 0 spiro atoms. The highest BCUT2D eigenvalue weighted by molar-refractivity contribution is 7.85. The van der Waals surface area contributed by atoms with Gasteiger partial charge in [-0.2, -0.15) is 8.42 Å². The highest BCUT2D eigenvalue weighted by Gasteiger charge is 2.94. The predicted octanol–water partition coefficient (Wildman–Crippen LogP) is 3.95. The summed E-state index contributed by atoms with van der Waals surface area (Å²) in [5.41, 5.74) is 0.743. The Morgan fingerprint density at radius 1 is 0.943 bits per heavy atom. The number of allylic oxidation sites excluding steroid dienone is 2. The number of aliphatic hydroxyl groups excluding tert-OH is 1. The molecule has 1 aromatic carbocycles. The third-order valence-electron chi connectivity index (χ3n) is 11.4. The van der Waals surface area contributed by atoms with E-state index in [1.165, 1.54) is 0 Å². The van der Waals surface area contributed by atoms with Crippen LogP contribution in [0.3, 0.4) is 0 Å². The van der Waals surface area contributed by atoms with Crippen molar-refractivity contribution in [1.82, 2.24) is 0 Å². The number of aliphatic hydroxyl groups is 1. The minimum Gasteiger partial charge on any atom is -0.395 e. The zero-order valence-electron chi connectivity index (χ0n) is 20.6. The van der Waals surface area contributed by atoms with Crippen LogP contribution in [0.5, 0.6) is 0 Å². The number of carbonyl (C=O) groups excluding carboxylic acids is 2. The van der Waals surface area contributed by atoms with Gasteiger partial charge in [-0.25, -0.2) is 0 Å². The molecular weight excluding hydrogens is 464 g/mol. The summed E-state index contributed by atoms with van der Waals surface area (Å²) in [5.74, 6) is -0.440. The van der Waals surface area contributed by atoms with E-state index in [-0.39, 0.29) is 40.8 Å². The smallest absolute Gasteiger partial charge is 0.265 e. The van der Waals surface area contributed by atoms with Crippen LogP contribution < -0.4 is 0 Å². The van der Waals surface area contributed by atoms with Gasteiger partial charge < -0.3 is 5.11 Å². The van der Waals surface area contributed by atoms with Crippen LogP contribution in [-0.4, -0.2) is 42.0 Å². The quantitative estimate of drug-likeness (QED) is 0.472. The molecule has 0 saturated heterocycles. The van der Waals surface area contributed by atoms with E-state index in [1.54, 1.807) is 0 Å². The second-order valence-corrected chi connectivity index (χ2v) is 14.0. The Balaban J connectivity index is 1.29. The van der Waals surface area contributed by atoms with E-state index >= 15 is 0 Å². The molecule has 7 heteroatoms. The lowest BCUT2D eigenvalue weighted by atomic mass is 9.53. The average molecular weight is 497 g/mol. The molecule has 0 bridgehead atoms. The Hall–Kier alpha value is -2.09. The molecule has 5 fully saturated rings. The van der Waals surface area contributed by atoms with Crippen molar-refractivity contribution in [2.24, 2.45) is 38.9 Å². The molecular formula is C28H32O6S. The molecule has 0 aromatic heterocycles. The lowest BCUT2D eigenvalue weighted by Gasteiger charge is -2.50. The summed E-state index contributed by atoms with van der Waals surface area (Å²) in [6, 6.07) is 7.69. The first-order chi connectivity index (χ1) is 16.2. The zero-order chi connectivity index (χ0) is 25.4. The van der Waals surface area contributed by atoms with E-state index in [9.17, 15) is 27.7 Å². The lowest BCUT2D eigenvalue weighted by molar-refractivity contribution is -0.136. The van der Waals surface area contributed by atoms with E-state index < -0.39 is 32.1 Å². The fourth-order valence-electron chi connectivity index (χ4n) is 8.87. The van der Waals surface area contributed by atoms with Crippen LogP contribution in [0, 0.1) is 38.9 Å². The van der Waals surface area contributed by atoms with Gasteiger partial charge in [0, 0.05) is 17.1 Å². The van der Waals surface area contributed by atoms with Crippen molar-refractivity contribution in [3.05, 3.63) is 46.5 Å². The normalized spacial score (nSPS) is 47.5. The number of fused-ring (bicyclic) bond motifs is 2. The maximum Gasteiger partial charge on any atom is 0.265 e. The van der Waals surface area contributed by atoms with E-state index in [4.69, 9.17) is 0 Å². The summed E-state index contributed by atoms with van der Waals surface area (Å²) in [6.07, 6.45) is 6.21. The van der Waals surface area contributed by atoms with Gasteiger partial charge in [-0.3, -0.25) is 14.1 Å². The van der Waals surface area contributed by atoms with Gasteiger partial charge >= 0.3 is 0 Å². The maximum atomic E-state index is 13.4. The van der Waals surface area contributed by atoms with Crippen molar-refractivity contribution in [2.45, 2.75) is 47.0 Å². The van der Waals surface area contributed by atoms with E-state index in [0.717, 1.165) is 29.5 Å². The van der Waals surface area contributed by atoms with Crippen LogP contribution in [0.25, 0.3) is 12.2 Å². The van der Waals surface area contributed by atoms with Gasteiger partial charge in [0.2, 0.25) is 0 Å². The molecule has 6 rings (SSSR count). The molecule has 0 heterocycles. The molecule has 5 saturated carbocycles. The fourth-order valence-corrected chi connectivity index (χ4v) is 10.0. The lowest BCUT2D eigenvalue weighted by Crippen LogP contribution is -2.54. The second-order valence-electron chi connectivity index (χ2n) is 12.6. The largest absolute Gasteiger partial charge is 0.395 e. The van der Waals surface area contributed by atoms with E-state index in [2.05, 4.69) is 13.8 Å². The van der Waals surface area contributed by atoms with Gasteiger partial charge in [0.15, 0.2) is 11.6 Å². The summed E-state index contributed by atoms with van der Waals surface area (Å²) in [4.78, 5) is 26.5. The summed E-state index contributed by atoms with van der Waals surface area (Å²) in [6.45, 7) is 7.92. The molecule has 6 nitrogen and oxygen atoms in total. The fraction of sp³-hybridized carbons (Fsp3) is 0.571. The summed E-state index contributed by atoms with van der Waals surface area (Å²) in [7, 11) is -4.27. The third-order valence-corrected chi connectivity index (χ3v) is 12.3. The molecule has 35 heavy (non-hydrogen) atoms. The number of hydrogen-bond acceptors (Lipinski definition) is 5. The van der Waals surface area contributed by atoms with Gasteiger partial charge in [-0.05, 0) is 71.6 Å². The average Bonchev–Trinajstić information content (AvgIpc) is 3.08. The minimum absolute atomic E-state index is 0.00890. The number of hydrogen-bond donors (Lipinski definition) is 2. The maximum absolute atomic E-state index is 13.4. The Morgan fingerprint density at radius 3 is 1.97 bits per heavy atom. The van der Waals surface area contributed by atoms with Crippen LogP contribution in [0.4, 0.5) is 0 Å². The van der Waals surface area contributed by atoms with Crippen molar-refractivity contribution in [2.75, 3.05) is 12.4 Å². The number of rotatable bonds is 5. The summed E-state index contributed by atoms with van der Waals surface area (Å²) in [5, 5.41) is 9.99. The predicted molar refractivity (Wildman–Crippen MR) is 132 cm³/mol. The Morgan fingerprint density at radius 2 is 1.51 bits per heavy atom. The zero-order valence-corrected chi connectivity index (χ0v) is 21.4. The van der Waals surface area contributed by atoms with Crippen LogP contribution in [0.2, 0.25) is 0 Å². The first kappa shape index (κ1) is 23.3. The summed E-state index contributed by atoms with van der Waals surface area (Å²) >= 11 is 0. The van der Waals surface area contributed by atoms with Gasteiger partial charge in [-0.1, -0.05) is 45.0 Å². The SMILES string of the molecule is CC1(CO)C(=O)/C(=C/c2ccc(/C=C3/C(=O)C4(CS(=O)(=O)O)CC5(C)C3C45C)cc2)C2CCC21C. The molecule has 5 aliphatic carbocycles. The molecule has 7 atom stereocenters. The highest BCUT2D eigenvalue weighted by Crippen LogP contribution is 2.94. The number of carbonyl (C=O) groups is 2. The Kier molecular flexibility index (Phi) is 4.28. The van der Waals surface area contributed by atoms with Crippen LogP contribution in [0.1, 0.15) is 58.1 Å². The first-order valence-corrected chi connectivity index (χ1v) is 14.0. The van der Waals surface area contributed by atoms with Gasteiger partial charge in [0.1, 0.15) is 0 Å². The molecule has 0 amide bonds. The van der Waals surface area contributed by atoms with Crippen LogP contribution >= 0.6 is 0 Å². The summed E-state index contributed by atoms with van der Waals surface area (Å²) < 4.78 is 32.9. The number of Topliss-reactive ketones (excluding diaryl/α,β-unsaturated/α-hetero) is 2. The van der Waals surface area contributed by atoms with E-state index in [1.807, 2.05) is 50.3 Å².